The van der Waals surface area contributed by atoms with Crippen LogP contribution < -0.4 is 9.80 Å². The highest BCUT2D eigenvalue weighted by atomic mass is 19.1. The molecule has 11 aromatic carbocycles. The summed E-state index contributed by atoms with van der Waals surface area (Å²) in [6.07, 6.45) is 0. The van der Waals surface area contributed by atoms with E-state index in [1.165, 1.54) is 0 Å². The molecule has 0 atom stereocenters. The van der Waals surface area contributed by atoms with Crippen LogP contribution in [0.5, 0.6) is 0 Å². The Balaban J connectivity index is 1.20. The Morgan fingerprint density at radius 3 is 0.776 bits per heavy atom. The summed E-state index contributed by atoms with van der Waals surface area (Å²) in [6.45, 7) is 0. The molecule has 0 aliphatic rings. The van der Waals surface area contributed by atoms with Gasteiger partial charge in [0.15, 0.2) is 0 Å². The van der Waals surface area contributed by atoms with Crippen LogP contribution in [0.25, 0.3) is 64.6 Å². The molecule has 0 fully saturated rings. The summed E-state index contributed by atoms with van der Waals surface area (Å²) >= 11 is 0. The fourth-order valence-electron chi connectivity index (χ4n) is 8.90. The van der Waals surface area contributed by atoms with Gasteiger partial charge in [-0.15, -0.1) is 0 Å². The molecule has 2 nitrogen and oxygen atoms in total. The van der Waals surface area contributed by atoms with Gasteiger partial charge in [0.25, 0.3) is 0 Å². The molecule has 0 aliphatic carbocycles. The van der Waals surface area contributed by atoms with Crippen LogP contribution in [0.3, 0.4) is 0 Å². The van der Waals surface area contributed by atoms with E-state index in [0.29, 0.717) is 0 Å². The van der Waals surface area contributed by atoms with Crippen molar-refractivity contribution in [1.29, 1.82) is 0 Å². The van der Waals surface area contributed by atoms with Crippen molar-refractivity contribution < 1.29 is 8.78 Å². The van der Waals surface area contributed by atoms with Crippen LogP contribution in [0.4, 0.5) is 42.9 Å². The Kier molecular flexibility index (Phi) is 7.90. The maximum absolute atomic E-state index is 15.3. The van der Waals surface area contributed by atoms with Crippen molar-refractivity contribution in [2.24, 2.45) is 0 Å². The number of nitrogens with zero attached hydrogens (tertiary/aromatic N) is 2. The number of anilines is 6. The number of hydrogen-bond acceptors (Lipinski definition) is 2. The van der Waals surface area contributed by atoms with Crippen LogP contribution in [0.2, 0.25) is 0 Å². The number of para-hydroxylation sites is 4. The third-order valence-corrected chi connectivity index (χ3v) is 11.4. The topological polar surface area (TPSA) is 6.48 Å². The molecule has 0 saturated heterocycles. The normalized spacial score (nSPS) is 11.6. The average Bonchev–Trinajstić information content (AvgIpc) is 3.27. The number of benzene rings is 11. The fraction of sp³-hybridized carbons (Fsp3) is 0. The maximum Gasteiger partial charge on any atom is 0.123 e. The number of rotatable bonds is 6. The van der Waals surface area contributed by atoms with Crippen molar-refractivity contribution in [1.82, 2.24) is 0 Å². The van der Waals surface area contributed by atoms with Crippen LogP contribution in [-0.4, -0.2) is 0 Å². The molecular weight excluding hydrogens is 715 g/mol. The quantitative estimate of drug-likeness (QED) is 0.123. The molecule has 0 spiro atoms. The largest absolute Gasteiger partial charge is 0.310 e. The van der Waals surface area contributed by atoms with Gasteiger partial charge in [-0.2, -0.15) is 0 Å². The van der Waals surface area contributed by atoms with Crippen molar-refractivity contribution in [3.8, 4) is 0 Å². The fourth-order valence-corrected chi connectivity index (χ4v) is 8.90. The van der Waals surface area contributed by atoms with Gasteiger partial charge in [-0.25, -0.2) is 8.78 Å². The number of hydrogen-bond donors (Lipinski definition) is 0. The van der Waals surface area contributed by atoms with Gasteiger partial charge in [0.1, 0.15) is 11.6 Å². The Bertz CT molecular complexity index is 3050. The van der Waals surface area contributed by atoms with Crippen molar-refractivity contribution in [3.05, 3.63) is 218 Å². The van der Waals surface area contributed by atoms with Crippen molar-refractivity contribution in [2.75, 3.05) is 9.80 Å². The molecule has 0 saturated carbocycles. The highest BCUT2D eigenvalue weighted by Gasteiger charge is 2.20. The third-order valence-electron chi connectivity index (χ3n) is 11.4. The van der Waals surface area contributed by atoms with Crippen molar-refractivity contribution >= 4 is 98.8 Å². The van der Waals surface area contributed by atoms with Gasteiger partial charge in [-0.05, 0) is 174 Å². The molecule has 0 aromatic heterocycles. The monoisotopic (exact) mass is 748 g/mol. The van der Waals surface area contributed by atoms with Crippen LogP contribution >= 0.6 is 0 Å². The molecule has 0 bridgehead atoms. The molecule has 0 N–H and O–H groups in total. The van der Waals surface area contributed by atoms with E-state index in [0.717, 1.165) is 98.8 Å². The summed E-state index contributed by atoms with van der Waals surface area (Å²) in [5.41, 5.74) is 6.05. The third kappa shape index (κ3) is 5.53. The lowest BCUT2D eigenvalue weighted by atomic mass is 9.88. The zero-order valence-electron chi connectivity index (χ0n) is 31.3. The predicted molar refractivity (Wildman–Crippen MR) is 241 cm³/mol. The van der Waals surface area contributed by atoms with E-state index >= 15 is 8.78 Å². The predicted octanol–water partition coefficient (Wildman–Crippen LogP) is 15.8. The van der Waals surface area contributed by atoms with E-state index in [1.807, 2.05) is 84.9 Å². The zero-order valence-corrected chi connectivity index (χ0v) is 31.3. The van der Waals surface area contributed by atoms with Crippen molar-refractivity contribution in [2.45, 2.75) is 0 Å². The molecule has 4 heteroatoms. The van der Waals surface area contributed by atoms with E-state index in [-0.39, 0.29) is 11.6 Å². The summed E-state index contributed by atoms with van der Waals surface area (Å²) in [5.74, 6) is -0.565. The summed E-state index contributed by atoms with van der Waals surface area (Å²) in [7, 11) is 0. The standard InChI is InChI=1S/C54H34F2N2/c55-35-21-25-43-47(29-35)49-31-41(57(37-13-5-1-6-14-37)38-15-7-2-8-16-38)23-27-45(49)53-33-52-44-26-22-36(56)30-48(44)50-32-42(24-28-46(50)54(52)34-51(43)53)58(39-17-9-3-10-18-39)40-19-11-4-12-20-40/h1-34H. The molecule has 0 amide bonds. The highest BCUT2D eigenvalue weighted by Crippen LogP contribution is 2.46. The summed E-state index contributed by atoms with van der Waals surface area (Å²) in [6, 6.07) is 69.0. The van der Waals surface area contributed by atoms with Gasteiger partial charge in [-0.3, -0.25) is 0 Å². The maximum atomic E-state index is 15.3. The molecule has 11 aromatic rings. The number of fused-ring (bicyclic) bond motifs is 12. The summed E-state index contributed by atoms with van der Waals surface area (Å²) in [5, 5.41) is 11.8. The molecule has 0 unspecified atom stereocenters. The van der Waals surface area contributed by atoms with Gasteiger partial charge >= 0.3 is 0 Å². The molecule has 0 heterocycles. The van der Waals surface area contributed by atoms with Gasteiger partial charge < -0.3 is 9.80 Å². The Hall–Kier alpha value is -7.56. The van der Waals surface area contributed by atoms with Gasteiger partial charge in [0, 0.05) is 34.1 Å². The molecule has 274 valence electrons. The highest BCUT2D eigenvalue weighted by molar-refractivity contribution is 6.33. The van der Waals surface area contributed by atoms with Crippen LogP contribution in [0, 0.1) is 11.6 Å². The first kappa shape index (κ1) is 33.8. The summed E-state index contributed by atoms with van der Waals surface area (Å²) < 4.78 is 30.7. The van der Waals surface area contributed by atoms with E-state index in [4.69, 9.17) is 0 Å². The minimum atomic E-state index is -0.283. The van der Waals surface area contributed by atoms with Crippen LogP contribution in [0.15, 0.2) is 206 Å². The first-order valence-corrected chi connectivity index (χ1v) is 19.5. The van der Waals surface area contributed by atoms with Crippen LogP contribution in [0.1, 0.15) is 0 Å². The Labute approximate surface area is 334 Å². The Morgan fingerprint density at radius 1 is 0.207 bits per heavy atom. The van der Waals surface area contributed by atoms with Crippen LogP contribution in [-0.2, 0) is 0 Å². The van der Waals surface area contributed by atoms with E-state index in [2.05, 4.69) is 107 Å². The zero-order chi connectivity index (χ0) is 38.7. The minimum Gasteiger partial charge on any atom is -0.310 e. The van der Waals surface area contributed by atoms with E-state index in [1.54, 1.807) is 24.3 Å². The summed E-state index contributed by atoms with van der Waals surface area (Å²) in [4.78, 5) is 4.46. The van der Waals surface area contributed by atoms with E-state index in [9.17, 15) is 0 Å². The first-order valence-electron chi connectivity index (χ1n) is 19.5. The van der Waals surface area contributed by atoms with Gasteiger partial charge in [0.05, 0.1) is 0 Å². The SMILES string of the molecule is Fc1ccc2c(c1)c1cc(N(c3ccccc3)c3ccccc3)ccc1c1cc3c4ccc(F)cc4c4cc(N(c5ccccc5)c5ccccc5)ccc4c3cc21. The van der Waals surface area contributed by atoms with Crippen molar-refractivity contribution in [3.63, 3.8) is 0 Å². The molecule has 0 aliphatic heterocycles. The van der Waals surface area contributed by atoms with Gasteiger partial charge in [-0.1, -0.05) is 97.1 Å². The average molecular weight is 749 g/mol. The second-order valence-corrected chi connectivity index (χ2v) is 14.8. The second-order valence-electron chi connectivity index (χ2n) is 14.8. The number of halogens is 2. The van der Waals surface area contributed by atoms with Gasteiger partial charge in [0.2, 0.25) is 0 Å². The lowest BCUT2D eigenvalue weighted by molar-refractivity contribution is 0.629. The molecule has 11 rings (SSSR count). The smallest absolute Gasteiger partial charge is 0.123 e. The Morgan fingerprint density at radius 2 is 0.466 bits per heavy atom. The van der Waals surface area contributed by atoms with E-state index < -0.39 is 0 Å². The molecule has 58 heavy (non-hydrogen) atoms. The molecular formula is C54H34F2N2. The lowest BCUT2D eigenvalue weighted by Crippen LogP contribution is -2.09. The second kappa shape index (κ2) is 13.6. The molecule has 0 radical (unpaired) electrons. The first-order chi connectivity index (χ1) is 28.6. The minimum absolute atomic E-state index is 0.283. The lowest BCUT2D eigenvalue weighted by Gasteiger charge is -2.26.